The van der Waals surface area contributed by atoms with Gasteiger partial charge in [-0.3, -0.25) is 10.2 Å². The maximum absolute atomic E-state index is 14.0. The molecule has 0 bridgehead atoms. The average molecular weight is 913 g/mol. The maximum atomic E-state index is 14.0. The number of fused-ring (bicyclic) bond motifs is 1. The molecule has 3 aliphatic heterocycles. The summed E-state index contributed by atoms with van der Waals surface area (Å²) in [5.74, 6) is -4.25. The van der Waals surface area contributed by atoms with Crippen LogP contribution in [0.5, 0.6) is 0 Å². The SMILES string of the molecule is CC(=O)O[C@H]1C(OC(=N)C(Cl)(Cl)Cl)O[C@@H]2CO[C@@H](c3ccccc3)O[C@H]2[C@@H]1O[C@@H]1O[C@@H](C)[C@H](OC(=O)c2ccccc2)[C@@H](OC(=O)c2ccccc2)[C@H]1OC(=O)c1ccccc1. The fourth-order valence-electron chi connectivity index (χ4n) is 7.03. The molecule has 4 aromatic carbocycles. The first-order chi connectivity index (χ1) is 29.8. The molecule has 18 heteroatoms. The second-order valence-electron chi connectivity index (χ2n) is 14.3. The van der Waals surface area contributed by atoms with Crippen LogP contribution in [0.25, 0.3) is 0 Å². The number of benzene rings is 4. The molecule has 0 aliphatic carbocycles. The molecule has 1 unspecified atom stereocenters. The number of halogens is 3. The van der Waals surface area contributed by atoms with Crippen LogP contribution in [0.2, 0.25) is 0 Å². The molecule has 62 heavy (non-hydrogen) atoms. The van der Waals surface area contributed by atoms with E-state index in [0.717, 1.165) is 6.92 Å². The van der Waals surface area contributed by atoms with E-state index in [1.807, 2.05) is 6.07 Å². The molecule has 0 radical (unpaired) electrons. The normalized spacial score (nSPS) is 28.3. The summed E-state index contributed by atoms with van der Waals surface area (Å²) in [6.07, 6.45) is -15.5. The molecule has 0 spiro atoms. The molecular weight excluding hydrogens is 873 g/mol. The highest BCUT2D eigenvalue weighted by Gasteiger charge is 2.58. The third-order valence-electron chi connectivity index (χ3n) is 9.93. The lowest BCUT2D eigenvalue weighted by atomic mass is 9.95. The first kappa shape index (κ1) is 44.9. The Kier molecular flexibility index (Phi) is 14.5. The summed E-state index contributed by atoms with van der Waals surface area (Å²) in [6, 6.07) is 33.0. The number of esters is 4. The van der Waals surface area contributed by atoms with Crippen LogP contribution in [0.15, 0.2) is 121 Å². The highest BCUT2D eigenvalue weighted by Crippen LogP contribution is 2.41. The molecule has 11 atom stereocenters. The molecule has 1 N–H and O–H groups in total. The number of hydrogen-bond acceptors (Lipinski definition) is 15. The standard InChI is InChI=1S/C44H40Cl3NO14/c1-24-31(57-37(50)26-15-7-3-8-16-26)33(58-38(51)27-17-9-4-10-18-27)36(59-39(52)28-19-11-5-12-20-28)41(54-24)61-34-32-30(23-53-40(60-32)29-21-13-6-14-22-29)56-42(35(34)55-25(2)49)62-43(48)44(45,46)47/h3-22,24,30-36,40-42,48H,23H2,1-2H3/t24-,30+,31-,32+,33+,34-,35+,36+,40+,41-,42?/m0/s1. The third kappa shape index (κ3) is 10.7. The van der Waals surface area contributed by atoms with Crippen molar-refractivity contribution in [3.63, 3.8) is 0 Å². The van der Waals surface area contributed by atoms with E-state index in [1.165, 1.54) is 36.4 Å². The van der Waals surface area contributed by atoms with Crippen LogP contribution in [-0.4, -0.2) is 102 Å². The van der Waals surface area contributed by atoms with Crippen molar-refractivity contribution in [2.45, 2.75) is 85.3 Å². The van der Waals surface area contributed by atoms with Crippen LogP contribution in [0.1, 0.15) is 56.8 Å². The van der Waals surface area contributed by atoms with E-state index < -0.39 is 101 Å². The van der Waals surface area contributed by atoms with Crippen molar-refractivity contribution < 1.29 is 66.5 Å². The fraction of sp³-hybridized carbons (Fsp3) is 0.341. The first-order valence-corrected chi connectivity index (χ1v) is 20.5. The number of hydrogen-bond donors (Lipinski definition) is 1. The molecule has 15 nitrogen and oxygen atoms in total. The summed E-state index contributed by atoms with van der Waals surface area (Å²) in [5, 5.41) is 8.35. The second kappa shape index (κ2) is 19.9. The van der Waals surface area contributed by atoms with E-state index in [4.69, 9.17) is 87.6 Å². The Morgan fingerprint density at radius 1 is 0.581 bits per heavy atom. The molecule has 3 heterocycles. The van der Waals surface area contributed by atoms with E-state index in [0.29, 0.717) is 5.56 Å². The monoisotopic (exact) mass is 911 g/mol. The van der Waals surface area contributed by atoms with Crippen molar-refractivity contribution in [1.29, 1.82) is 5.41 Å². The Morgan fingerprint density at radius 3 is 1.55 bits per heavy atom. The van der Waals surface area contributed by atoms with Gasteiger partial charge in [0.2, 0.25) is 12.2 Å². The Balaban J connectivity index is 1.31. The fourth-order valence-corrected chi connectivity index (χ4v) is 7.17. The molecule has 4 aromatic rings. The minimum atomic E-state index is -2.37. The lowest BCUT2D eigenvalue weighted by molar-refractivity contribution is -0.384. The van der Waals surface area contributed by atoms with Crippen LogP contribution >= 0.6 is 34.8 Å². The van der Waals surface area contributed by atoms with Gasteiger partial charge in [-0.1, -0.05) is 120 Å². The van der Waals surface area contributed by atoms with Crippen LogP contribution in [0, 0.1) is 5.41 Å². The molecule has 7 rings (SSSR count). The maximum Gasteiger partial charge on any atom is 0.338 e. The summed E-state index contributed by atoms with van der Waals surface area (Å²) < 4.78 is 59.3. The van der Waals surface area contributed by atoms with E-state index in [-0.39, 0.29) is 23.3 Å². The van der Waals surface area contributed by atoms with Crippen LogP contribution < -0.4 is 0 Å². The van der Waals surface area contributed by atoms with Gasteiger partial charge in [0.1, 0.15) is 18.3 Å². The summed E-state index contributed by atoms with van der Waals surface area (Å²) in [5.41, 5.74) is 1.04. The Labute approximate surface area is 370 Å². The molecular formula is C44H40Cl3NO14. The van der Waals surface area contributed by atoms with Gasteiger partial charge in [0.15, 0.2) is 37.0 Å². The van der Waals surface area contributed by atoms with Gasteiger partial charge in [-0.2, -0.15) is 0 Å². The predicted octanol–water partition coefficient (Wildman–Crippen LogP) is 6.93. The second-order valence-corrected chi connectivity index (χ2v) is 16.5. The van der Waals surface area contributed by atoms with Crippen LogP contribution in [0.3, 0.4) is 0 Å². The lowest BCUT2D eigenvalue weighted by Crippen LogP contribution is -2.67. The van der Waals surface area contributed by atoms with E-state index in [1.54, 1.807) is 85.8 Å². The highest BCUT2D eigenvalue weighted by atomic mass is 35.6. The molecule has 0 amide bonds. The number of nitrogens with one attached hydrogen (secondary N) is 1. The lowest BCUT2D eigenvalue weighted by Gasteiger charge is -2.50. The zero-order chi connectivity index (χ0) is 44.0. The zero-order valence-corrected chi connectivity index (χ0v) is 35.2. The van der Waals surface area contributed by atoms with E-state index >= 15 is 0 Å². The van der Waals surface area contributed by atoms with Crippen molar-refractivity contribution in [2.75, 3.05) is 6.61 Å². The minimum absolute atomic E-state index is 0.108. The number of ether oxygens (including phenoxy) is 10. The molecule has 326 valence electrons. The topological polar surface area (TPSA) is 184 Å². The van der Waals surface area contributed by atoms with Gasteiger partial charge in [0, 0.05) is 12.5 Å². The Bertz CT molecular complexity index is 2180. The summed E-state index contributed by atoms with van der Waals surface area (Å²) in [6.45, 7) is 2.52. The molecule has 0 saturated carbocycles. The summed E-state index contributed by atoms with van der Waals surface area (Å²) >= 11 is 18.0. The van der Waals surface area contributed by atoms with Gasteiger partial charge < -0.3 is 47.4 Å². The van der Waals surface area contributed by atoms with Gasteiger partial charge in [0.25, 0.3) is 3.79 Å². The van der Waals surface area contributed by atoms with Crippen molar-refractivity contribution in [3.05, 3.63) is 144 Å². The quantitative estimate of drug-likeness (QED) is 0.0537. The molecule has 3 saturated heterocycles. The summed E-state index contributed by atoms with van der Waals surface area (Å²) in [7, 11) is 0. The smallest absolute Gasteiger partial charge is 0.338 e. The number of alkyl halides is 3. The van der Waals surface area contributed by atoms with Gasteiger partial charge >= 0.3 is 23.9 Å². The van der Waals surface area contributed by atoms with Gasteiger partial charge in [0.05, 0.1) is 29.4 Å². The number of carbonyl (C=O) groups excluding carboxylic acids is 4. The molecule has 0 aromatic heterocycles. The van der Waals surface area contributed by atoms with Gasteiger partial charge in [-0.15, -0.1) is 0 Å². The Hall–Kier alpha value is -5.10. The van der Waals surface area contributed by atoms with E-state index in [9.17, 15) is 19.2 Å². The largest absolute Gasteiger partial charge is 0.453 e. The highest BCUT2D eigenvalue weighted by molar-refractivity contribution is 6.76. The minimum Gasteiger partial charge on any atom is -0.453 e. The van der Waals surface area contributed by atoms with Crippen molar-refractivity contribution in [1.82, 2.24) is 0 Å². The van der Waals surface area contributed by atoms with Crippen LogP contribution in [0.4, 0.5) is 0 Å². The van der Waals surface area contributed by atoms with Crippen molar-refractivity contribution >= 4 is 64.6 Å². The number of carbonyl (C=O) groups is 4. The van der Waals surface area contributed by atoms with Gasteiger partial charge in [-0.05, 0) is 43.3 Å². The molecule has 3 fully saturated rings. The van der Waals surface area contributed by atoms with Crippen LogP contribution in [-0.2, 0) is 52.2 Å². The van der Waals surface area contributed by atoms with Crippen molar-refractivity contribution in [2.24, 2.45) is 0 Å². The Morgan fingerprint density at radius 2 is 1.05 bits per heavy atom. The van der Waals surface area contributed by atoms with Crippen molar-refractivity contribution in [3.8, 4) is 0 Å². The summed E-state index contributed by atoms with van der Waals surface area (Å²) in [4.78, 5) is 54.4. The molecule has 3 aliphatic rings. The average Bonchev–Trinajstić information content (AvgIpc) is 3.27. The third-order valence-corrected chi connectivity index (χ3v) is 10.4. The zero-order valence-electron chi connectivity index (χ0n) is 33.0. The van der Waals surface area contributed by atoms with Gasteiger partial charge in [-0.25, -0.2) is 14.4 Å². The van der Waals surface area contributed by atoms with E-state index in [2.05, 4.69) is 0 Å². The first-order valence-electron chi connectivity index (χ1n) is 19.3. The predicted molar refractivity (Wildman–Crippen MR) is 219 cm³/mol. The number of rotatable bonds is 11.